The SMILES string of the molecule is CCC(C(=O)Nc1sc(C(N)=O)c(C)c1C(=O)NCc1ccc(Cl)cc1)c1ccccc1.CCC(C(=O)Nc1sc(C(N)=O)c(C)c1C(=O)OC)c1ccccc1. The Kier molecular flexibility index (Phi) is 15.7. The minimum absolute atomic E-state index is 0.164. The molecule has 57 heavy (non-hydrogen) atoms. The van der Waals surface area contributed by atoms with Gasteiger partial charge in [0.25, 0.3) is 17.7 Å². The number of carbonyl (C=O) groups is 6. The molecule has 12 nitrogen and oxygen atoms in total. The van der Waals surface area contributed by atoms with Gasteiger partial charge in [0, 0.05) is 11.6 Å². The molecule has 0 saturated heterocycles. The largest absolute Gasteiger partial charge is 0.465 e. The Morgan fingerprint density at radius 2 is 1.09 bits per heavy atom. The molecule has 0 radical (unpaired) electrons. The van der Waals surface area contributed by atoms with E-state index in [4.69, 9.17) is 27.8 Å². The molecule has 298 valence electrons. The zero-order valence-corrected chi connectivity index (χ0v) is 34.5. The van der Waals surface area contributed by atoms with Crippen LogP contribution in [0.4, 0.5) is 10.0 Å². The number of primary amides is 2. The van der Waals surface area contributed by atoms with Crippen molar-refractivity contribution in [2.45, 2.75) is 58.9 Å². The average molecular weight is 830 g/mol. The van der Waals surface area contributed by atoms with E-state index < -0.39 is 23.7 Å². The normalized spacial score (nSPS) is 11.6. The molecule has 0 bridgehead atoms. The van der Waals surface area contributed by atoms with Crippen LogP contribution in [0.2, 0.25) is 5.02 Å². The molecule has 0 aliphatic carbocycles. The zero-order valence-electron chi connectivity index (χ0n) is 32.1. The van der Waals surface area contributed by atoms with Crippen molar-refractivity contribution < 1.29 is 33.5 Å². The summed E-state index contributed by atoms with van der Waals surface area (Å²) in [6.07, 6.45) is 1.18. The van der Waals surface area contributed by atoms with Crippen LogP contribution in [0.1, 0.15) is 106 Å². The average Bonchev–Trinajstić information content (AvgIpc) is 3.70. The molecule has 2 atom stereocenters. The van der Waals surface area contributed by atoms with Gasteiger partial charge in [-0.3, -0.25) is 24.0 Å². The molecule has 0 aliphatic heterocycles. The van der Waals surface area contributed by atoms with Crippen molar-refractivity contribution in [2.24, 2.45) is 11.5 Å². The van der Waals surface area contributed by atoms with E-state index in [0.29, 0.717) is 34.0 Å². The van der Waals surface area contributed by atoms with Gasteiger partial charge in [-0.25, -0.2) is 4.79 Å². The Labute approximate surface area is 344 Å². The second-order valence-electron chi connectivity index (χ2n) is 12.8. The summed E-state index contributed by atoms with van der Waals surface area (Å²) in [6, 6.07) is 25.9. The highest BCUT2D eigenvalue weighted by molar-refractivity contribution is 7.19. The van der Waals surface area contributed by atoms with Crippen molar-refractivity contribution in [3.05, 3.63) is 139 Å². The maximum absolute atomic E-state index is 13.1. The summed E-state index contributed by atoms with van der Waals surface area (Å²) < 4.78 is 4.77. The van der Waals surface area contributed by atoms with Gasteiger partial charge in [-0.1, -0.05) is 98.2 Å². The van der Waals surface area contributed by atoms with Crippen LogP contribution in [0.15, 0.2) is 84.9 Å². The van der Waals surface area contributed by atoms with Crippen molar-refractivity contribution >= 4 is 79.8 Å². The molecule has 0 fully saturated rings. The van der Waals surface area contributed by atoms with E-state index in [9.17, 15) is 28.8 Å². The number of anilines is 2. The number of benzene rings is 3. The van der Waals surface area contributed by atoms with Crippen molar-refractivity contribution in [3.8, 4) is 0 Å². The first kappa shape index (κ1) is 43.9. The Morgan fingerprint density at radius 3 is 1.49 bits per heavy atom. The van der Waals surface area contributed by atoms with Gasteiger partial charge >= 0.3 is 5.97 Å². The molecule has 5 aromatic rings. The third-order valence-electron chi connectivity index (χ3n) is 9.05. The van der Waals surface area contributed by atoms with Crippen molar-refractivity contribution in [3.63, 3.8) is 0 Å². The Balaban J connectivity index is 0.000000261. The third kappa shape index (κ3) is 10.9. The number of amides is 5. The minimum atomic E-state index is -0.650. The van der Waals surface area contributed by atoms with Gasteiger partial charge in [-0.2, -0.15) is 0 Å². The fraction of sp³-hybridized carbons (Fsp3) is 0.238. The van der Waals surface area contributed by atoms with Gasteiger partial charge in [0.1, 0.15) is 10.0 Å². The summed E-state index contributed by atoms with van der Waals surface area (Å²) in [5, 5.41) is 9.65. The molecule has 2 unspecified atom stereocenters. The number of halogens is 1. The highest BCUT2D eigenvalue weighted by Crippen LogP contribution is 2.36. The smallest absolute Gasteiger partial charge is 0.341 e. The standard InChI is InChI=1S/C24H24ClN3O3S.C18H20N2O4S/c1-3-18(16-7-5-4-6-8-16)22(30)28-24-19(14(2)20(32-24)21(26)29)23(31)27-13-15-9-11-17(25)12-10-15;1-4-12(11-8-6-5-7-9-11)16(22)20-17-13(18(23)24-3)10(2)14(25-17)15(19)21/h4-12,18H,3,13H2,1-2H3,(H2,26,29)(H,27,31)(H,28,30);5-9,12H,4H2,1-3H3,(H2,19,21)(H,20,22). The second kappa shape index (κ2) is 20.4. The lowest BCUT2D eigenvalue weighted by Gasteiger charge is -2.15. The van der Waals surface area contributed by atoms with Crippen molar-refractivity contribution in [2.75, 3.05) is 17.7 Å². The van der Waals surface area contributed by atoms with Crippen LogP contribution in [0.3, 0.4) is 0 Å². The molecular weight excluding hydrogens is 786 g/mol. The first-order chi connectivity index (χ1) is 27.2. The molecule has 3 aromatic carbocycles. The lowest BCUT2D eigenvalue weighted by molar-refractivity contribution is -0.118. The van der Waals surface area contributed by atoms with E-state index in [0.717, 1.165) is 39.4 Å². The van der Waals surface area contributed by atoms with Gasteiger partial charge in [-0.05, 0) is 66.6 Å². The Hall–Kier alpha value is -5.83. The number of nitrogens with two attached hydrogens (primary N) is 2. The summed E-state index contributed by atoms with van der Waals surface area (Å²) in [5.74, 6) is -3.57. The number of hydrogen-bond donors (Lipinski definition) is 5. The van der Waals surface area contributed by atoms with Gasteiger partial charge in [0.05, 0.1) is 39.8 Å². The first-order valence-corrected chi connectivity index (χ1v) is 19.9. The zero-order chi connectivity index (χ0) is 41.8. The van der Waals surface area contributed by atoms with Crippen LogP contribution in [-0.4, -0.2) is 42.6 Å². The van der Waals surface area contributed by atoms with E-state index in [1.165, 1.54) is 7.11 Å². The highest BCUT2D eigenvalue weighted by Gasteiger charge is 2.29. The van der Waals surface area contributed by atoms with E-state index >= 15 is 0 Å². The summed E-state index contributed by atoms with van der Waals surface area (Å²) in [4.78, 5) is 74.8. The third-order valence-corrected chi connectivity index (χ3v) is 11.7. The van der Waals surface area contributed by atoms with Crippen LogP contribution >= 0.6 is 34.3 Å². The predicted molar refractivity (Wildman–Crippen MR) is 225 cm³/mol. The maximum atomic E-state index is 13.1. The maximum Gasteiger partial charge on any atom is 0.341 e. The molecule has 5 rings (SSSR count). The number of thiophene rings is 2. The molecule has 0 spiro atoms. The molecule has 2 aromatic heterocycles. The molecule has 7 N–H and O–H groups in total. The number of carbonyl (C=O) groups excluding carboxylic acids is 6. The summed E-state index contributed by atoms with van der Waals surface area (Å²) >= 11 is 7.90. The molecule has 0 aliphatic rings. The molecule has 2 heterocycles. The summed E-state index contributed by atoms with van der Waals surface area (Å²) in [5.41, 5.74) is 14.7. The van der Waals surface area contributed by atoms with Gasteiger partial charge in [0.15, 0.2) is 0 Å². The lowest BCUT2D eigenvalue weighted by atomic mass is 9.95. The number of hydrogen-bond acceptors (Lipinski definition) is 9. The number of nitrogens with one attached hydrogen (secondary N) is 3. The van der Waals surface area contributed by atoms with Crippen LogP contribution in [-0.2, 0) is 20.9 Å². The second-order valence-corrected chi connectivity index (χ2v) is 15.2. The summed E-state index contributed by atoms with van der Waals surface area (Å²) in [7, 11) is 1.24. The quantitative estimate of drug-likeness (QED) is 0.0700. The van der Waals surface area contributed by atoms with E-state index in [1.807, 2.05) is 86.6 Å². The monoisotopic (exact) mass is 829 g/mol. The van der Waals surface area contributed by atoms with E-state index in [2.05, 4.69) is 16.0 Å². The van der Waals surface area contributed by atoms with Crippen molar-refractivity contribution in [1.29, 1.82) is 0 Å². The van der Waals surface area contributed by atoms with Crippen LogP contribution in [0.5, 0.6) is 0 Å². The Bertz CT molecular complexity index is 2240. The van der Waals surface area contributed by atoms with Crippen LogP contribution in [0, 0.1) is 13.8 Å². The first-order valence-electron chi connectivity index (χ1n) is 17.9. The number of methoxy groups -OCH3 is 1. The Morgan fingerprint density at radius 1 is 0.667 bits per heavy atom. The van der Waals surface area contributed by atoms with Gasteiger partial charge in [-0.15, -0.1) is 22.7 Å². The van der Waals surface area contributed by atoms with E-state index in [1.54, 1.807) is 26.0 Å². The molecule has 15 heteroatoms. The highest BCUT2D eigenvalue weighted by atomic mass is 35.5. The van der Waals surface area contributed by atoms with Gasteiger partial charge in [0.2, 0.25) is 11.8 Å². The number of esters is 1. The number of ether oxygens (including phenoxy) is 1. The van der Waals surface area contributed by atoms with Gasteiger partial charge < -0.3 is 32.2 Å². The van der Waals surface area contributed by atoms with Crippen LogP contribution in [0.25, 0.3) is 0 Å². The van der Waals surface area contributed by atoms with Crippen LogP contribution < -0.4 is 27.4 Å². The number of rotatable bonds is 14. The van der Waals surface area contributed by atoms with Crippen molar-refractivity contribution in [1.82, 2.24) is 5.32 Å². The molecule has 5 amide bonds. The minimum Gasteiger partial charge on any atom is -0.465 e. The molecular formula is C42H44ClN5O7S2. The fourth-order valence-electron chi connectivity index (χ4n) is 6.08. The molecule has 0 saturated carbocycles. The predicted octanol–water partition coefficient (Wildman–Crippen LogP) is 7.95. The topological polar surface area (TPSA) is 200 Å². The van der Waals surface area contributed by atoms with E-state index in [-0.39, 0.29) is 56.1 Å². The lowest BCUT2D eigenvalue weighted by Crippen LogP contribution is -2.26. The summed E-state index contributed by atoms with van der Waals surface area (Å²) in [6.45, 7) is 7.36. The fourth-order valence-corrected chi connectivity index (χ4v) is 8.32.